The molecule has 1 aliphatic carbocycles. The zero-order valence-electron chi connectivity index (χ0n) is 13.8. The zero-order valence-corrected chi connectivity index (χ0v) is 15.9. The van der Waals surface area contributed by atoms with Gasteiger partial charge in [-0.2, -0.15) is 44.8 Å². The second kappa shape index (κ2) is 7.17. The van der Waals surface area contributed by atoms with Gasteiger partial charge in [0, 0.05) is 12.0 Å². The van der Waals surface area contributed by atoms with Crippen molar-refractivity contribution in [3.8, 4) is 6.07 Å². The van der Waals surface area contributed by atoms with E-state index in [9.17, 15) is 39.5 Å². The molecule has 12 heteroatoms. The molecule has 0 spiro atoms. The predicted octanol–water partition coefficient (Wildman–Crippen LogP) is 6.84. The van der Waals surface area contributed by atoms with Crippen LogP contribution >= 0.6 is 22.6 Å². The highest BCUT2D eigenvalue weighted by atomic mass is 127. The summed E-state index contributed by atoms with van der Waals surface area (Å²) in [5.74, 6) is 0. The monoisotopic (exact) mass is 543 g/mol. The van der Waals surface area contributed by atoms with Crippen molar-refractivity contribution in [1.82, 2.24) is 0 Å². The molecule has 1 aromatic rings. The van der Waals surface area contributed by atoms with Gasteiger partial charge < -0.3 is 0 Å². The Labute approximate surface area is 170 Å². The fourth-order valence-electron chi connectivity index (χ4n) is 3.14. The van der Waals surface area contributed by atoms with Crippen LogP contribution in [-0.2, 0) is 5.41 Å². The highest BCUT2D eigenvalue weighted by Crippen LogP contribution is 2.61. The number of hydrogen-bond donors (Lipinski definition) is 0. The second-order valence-corrected chi connectivity index (χ2v) is 7.50. The number of allylic oxidation sites excluding steroid dienone is 4. The highest BCUT2D eigenvalue weighted by Gasteiger charge is 2.81. The van der Waals surface area contributed by atoms with Gasteiger partial charge >= 0.3 is 24.2 Å². The van der Waals surface area contributed by atoms with Crippen molar-refractivity contribution in [1.29, 1.82) is 5.26 Å². The van der Waals surface area contributed by atoms with Crippen LogP contribution in [0.15, 0.2) is 45.6 Å². The van der Waals surface area contributed by atoms with Gasteiger partial charge in [-0.1, -0.05) is 30.4 Å². The molecule has 0 amide bonds. The average molecular weight is 543 g/mol. The molecule has 1 aromatic carbocycles. The molecule has 0 N–H and O–H groups in total. The number of hydrogen-bond acceptors (Lipinski definition) is 1. The van der Waals surface area contributed by atoms with E-state index < -0.39 is 62.4 Å². The van der Waals surface area contributed by atoms with E-state index in [0.717, 1.165) is 40.8 Å². The lowest BCUT2D eigenvalue weighted by Gasteiger charge is -2.46. The first-order valence-electron chi connectivity index (χ1n) is 7.49. The maximum Gasteiger partial charge on any atom is 0.433 e. The van der Waals surface area contributed by atoms with E-state index >= 15 is 4.39 Å². The minimum atomic E-state index is -6.66. The molecule has 158 valence electrons. The van der Waals surface area contributed by atoms with Crippen molar-refractivity contribution >= 4 is 22.6 Å². The van der Waals surface area contributed by atoms with Gasteiger partial charge in [-0.05, 0) is 37.8 Å². The molecule has 0 bridgehead atoms. The van der Waals surface area contributed by atoms with Crippen LogP contribution in [0.25, 0.3) is 0 Å². The van der Waals surface area contributed by atoms with Gasteiger partial charge in [0.15, 0.2) is 0 Å². The molecular formula is C17H8F10IN. The molecule has 1 unspecified atom stereocenters. The number of rotatable bonds is 2. The standard InChI is InChI=1S/C17H8F10IN/c18-14(19,20)10-5-11(28)7-13(6-10,12-4-2-1-3-9(12)8-29)15(21,16(22,23)24)17(25,26)27/h1-4,6-7H,5H2. The average Bonchev–Trinajstić information content (AvgIpc) is 2.57. The van der Waals surface area contributed by atoms with E-state index in [4.69, 9.17) is 5.26 Å². The Morgan fingerprint density at radius 1 is 0.862 bits per heavy atom. The summed E-state index contributed by atoms with van der Waals surface area (Å²) in [7, 11) is 0. The molecule has 0 saturated heterocycles. The Bertz CT molecular complexity index is 887. The van der Waals surface area contributed by atoms with E-state index in [-0.39, 0.29) is 6.08 Å². The molecular weight excluding hydrogens is 535 g/mol. The van der Waals surface area contributed by atoms with Crippen molar-refractivity contribution < 1.29 is 43.9 Å². The molecule has 29 heavy (non-hydrogen) atoms. The van der Waals surface area contributed by atoms with Gasteiger partial charge in [0.1, 0.15) is 0 Å². The number of alkyl halides is 10. The van der Waals surface area contributed by atoms with Crippen LogP contribution in [0, 0.1) is 11.3 Å². The summed E-state index contributed by atoms with van der Waals surface area (Å²) in [5, 5.41) is 9.13. The van der Waals surface area contributed by atoms with Gasteiger partial charge in [0.25, 0.3) is 0 Å². The number of nitriles is 1. The van der Waals surface area contributed by atoms with Crippen LogP contribution < -0.4 is 0 Å². The van der Waals surface area contributed by atoms with Crippen LogP contribution in [0.3, 0.4) is 0 Å². The van der Waals surface area contributed by atoms with Gasteiger partial charge in [0.05, 0.1) is 17.0 Å². The summed E-state index contributed by atoms with van der Waals surface area (Å²) in [6.45, 7) is 0. The summed E-state index contributed by atoms with van der Waals surface area (Å²) in [5.41, 5.74) is -13.9. The maximum absolute atomic E-state index is 15.3. The van der Waals surface area contributed by atoms with E-state index in [1.165, 1.54) is 6.07 Å². The Balaban J connectivity index is 3.12. The topological polar surface area (TPSA) is 23.8 Å². The van der Waals surface area contributed by atoms with Crippen LogP contribution in [0.4, 0.5) is 43.9 Å². The van der Waals surface area contributed by atoms with Gasteiger partial charge in [-0.25, -0.2) is 4.39 Å². The molecule has 0 aromatic heterocycles. The minimum Gasteiger partial charge on any atom is -0.222 e. The van der Waals surface area contributed by atoms with Crippen LogP contribution in [0.5, 0.6) is 0 Å². The minimum absolute atomic E-state index is 0.153. The first-order valence-corrected chi connectivity index (χ1v) is 8.57. The molecule has 0 radical (unpaired) electrons. The van der Waals surface area contributed by atoms with E-state index in [0.29, 0.717) is 6.07 Å². The lowest BCUT2D eigenvalue weighted by molar-refractivity contribution is -0.354. The van der Waals surface area contributed by atoms with Gasteiger partial charge in [-0.3, -0.25) is 0 Å². The summed E-state index contributed by atoms with van der Waals surface area (Å²) in [4.78, 5) is 0. The zero-order chi connectivity index (χ0) is 22.5. The molecule has 2 rings (SSSR count). The van der Waals surface area contributed by atoms with Crippen LogP contribution in [0.1, 0.15) is 17.5 Å². The second-order valence-electron chi connectivity index (χ2n) is 6.12. The van der Waals surface area contributed by atoms with Crippen molar-refractivity contribution in [3.05, 3.63) is 56.7 Å². The van der Waals surface area contributed by atoms with E-state index in [1.54, 1.807) is 0 Å². The highest BCUT2D eigenvalue weighted by molar-refractivity contribution is 14.1. The summed E-state index contributed by atoms with van der Waals surface area (Å²) < 4.78 is 136. The molecule has 0 heterocycles. The third-order valence-corrected chi connectivity index (χ3v) is 5.05. The fourth-order valence-corrected chi connectivity index (χ4v) is 4.04. The molecule has 0 saturated carbocycles. The summed E-state index contributed by atoms with van der Waals surface area (Å²) in [6.07, 6.45) is -19.9. The predicted molar refractivity (Wildman–Crippen MR) is 89.6 cm³/mol. The normalized spacial score (nSPS) is 21.3. The molecule has 0 aliphatic heterocycles. The fraction of sp³-hybridized carbons (Fsp3) is 0.353. The van der Waals surface area contributed by atoms with E-state index in [2.05, 4.69) is 0 Å². The Morgan fingerprint density at radius 2 is 1.38 bits per heavy atom. The van der Waals surface area contributed by atoms with Crippen molar-refractivity contribution in [2.24, 2.45) is 0 Å². The quantitative estimate of drug-likeness (QED) is 0.228. The molecule has 1 nitrogen and oxygen atoms in total. The lowest BCUT2D eigenvalue weighted by atomic mass is 9.63. The Hall–Kier alpha value is -1.78. The maximum atomic E-state index is 15.3. The third kappa shape index (κ3) is 3.73. The first kappa shape index (κ1) is 23.5. The summed E-state index contributed by atoms with van der Waals surface area (Å²) in [6, 6.07) is 4.66. The molecule has 1 aliphatic rings. The van der Waals surface area contributed by atoms with Crippen molar-refractivity contribution in [3.63, 3.8) is 0 Å². The third-order valence-electron chi connectivity index (χ3n) is 4.35. The number of halogens is 11. The molecule has 0 fully saturated rings. The van der Waals surface area contributed by atoms with Gasteiger partial charge in [-0.15, -0.1) is 0 Å². The number of benzene rings is 1. The lowest BCUT2D eigenvalue weighted by Crippen LogP contribution is -2.65. The van der Waals surface area contributed by atoms with E-state index in [1.807, 2.05) is 0 Å². The Kier molecular flexibility index (Phi) is 5.81. The first-order chi connectivity index (χ1) is 13.0. The largest absolute Gasteiger partial charge is 0.433 e. The van der Waals surface area contributed by atoms with Crippen molar-refractivity contribution in [2.45, 2.75) is 36.0 Å². The van der Waals surface area contributed by atoms with Crippen LogP contribution in [0.2, 0.25) is 0 Å². The Morgan fingerprint density at radius 3 is 1.83 bits per heavy atom. The van der Waals surface area contributed by atoms with Crippen molar-refractivity contribution in [2.75, 3.05) is 0 Å². The smallest absolute Gasteiger partial charge is 0.222 e. The SMILES string of the molecule is N#Cc1ccccc1C1(C(F)(C(F)(F)F)C(F)(F)F)C=C(I)CC(C(F)(F)F)=C1. The van der Waals surface area contributed by atoms with Gasteiger partial charge in [0.2, 0.25) is 0 Å². The van der Waals surface area contributed by atoms with Crippen LogP contribution in [-0.4, -0.2) is 24.2 Å². The molecule has 1 atom stereocenters. The number of nitrogens with zero attached hydrogens (tertiary/aromatic N) is 1. The summed E-state index contributed by atoms with van der Waals surface area (Å²) >= 11 is 1.12.